The predicted molar refractivity (Wildman–Crippen MR) is 54.1 cm³/mol. The van der Waals surface area contributed by atoms with E-state index in [1.54, 1.807) is 6.07 Å². The summed E-state index contributed by atoms with van der Waals surface area (Å²) in [7, 11) is 4.00. The van der Waals surface area contributed by atoms with Crippen LogP contribution in [0.5, 0.6) is 0 Å². The van der Waals surface area contributed by atoms with Crippen molar-refractivity contribution in [2.45, 2.75) is 6.10 Å². The Balaban J connectivity index is 2.76. The van der Waals surface area contributed by atoms with E-state index in [-0.39, 0.29) is 0 Å². The molecule has 3 heteroatoms. The van der Waals surface area contributed by atoms with Gasteiger partial charge in [-0.15, -0.1) is 0 Å². The van der Waals surface area contributed by atoms with E-state index < -0.39 is 6.10 Å². The van der Waals surface area contributed by atoms with Crippen LogP contribution in [-0.4, -0.2) is 25.7 Å². The van der Waals surface area contributed by atoms with Gasteiger partial charge >= 0.3 is 0 Å². The Morgan fingerprint density at radius 1 is 1.38 bits per heavy atom. The van der Waals surface area contributed by atoms with Gasteiger partial charge in [0.2, 0.25) is 0 Å². The molecular formula is C10H15ClNO+. The van der Waals surface area contributed by atoms with Crippen LogP contribution < -0.4 is 4.90 Å². The van der Waals surface area contributed by atoms with Gasteiger partial charge in [0.15, 0.2) is 0 Å². The Bertz CT molecular complexity index is 275. The topological polar surface area (TPSA) is 24.7 Å². The third-order valence-corrected chi connectivity index (χ3v) is 2.21. The number of rotatable bonds is 3. The monoisotopic (exact) mass is 200 g/mol. The minimum absolute atomic E-state index is 0.473. The van der Waals surface area contributed by atoms with Crippen LogP contribution in [-0.2, 0) is 0 Å². The molecule has 0 heterocycles. The van der Waals surface area contributed by atoms with Crippen LogP contribution in [0.1, 0.15) is 11.7 Å². The Morgan fingerprint density at radius 3 is 2.54 bits per heavy atom. The standard InChI is InChI=1S/C10H14ClNO/c1-12(2)7-10(13)8-5-3-4-6-9(8)11/h3-6,10,13H,7H2,1-2H3/p+1/t10-/m0/s1. The molecule has 0 radical (unpaired) electrons. The highest BCUT2D eigenvalue weighted by Gasteiger charge is 2.13. The smallest absolute Gasteiger partial charge is 0.129 e. The number of hydrogen-bond donors (Lipinski definition) is 2. The lowest BCUT2D eigenvalue weighted by Crippen LogP contribution is -3.06. The second-order valence-corrected chi connectivity index (χ2v) is 3.86. The molecule has 1 aromatic carbocycles. The molecule has 0 aliphatic rings. The van der Waals surface area contributed by atoms with Gasteiger partial charge in [-0.05, 0) is 6.07 Å². The van der Waals surface area contributed by atoms with Gasteiger partial charge in [0.05, 0.1) is 14.1 Å². The van der Waals surface area contributed by atoms with Crippen LogP contribution in [0.15, 0.2) is 24.3 Å². The van der Waals surface area contributed by atoms with Crippen LogP contribution in [0.25, 0.3) is 0 Å². The minimum Gasteiger partial charge on any atom is -0.382 e. The highest BCUT2D eigenvalue weighted by atomic mass is 35.5. The van der Waals surface area contributed by atoms with E-state index in [2.05, 4.69) is 0 Å². The fourth-order valence-corrected chi connectivity index (χ4v) is 1.50. The molecule has 0 aliphatic heterocycles. The van der Waals surface area contributed by atoms with Gasteiger partial charge in [0, 0.05) is 10.6 Å². The lowest BCUT2D eigenvalue weighted by molar-refractivity contribution is -0.862. The fourth-order valence-electron chi connectivity index (χ4n) is 1.24. The van der Waals surface area contributed by atoms with Crippen molar-refractivity contribution in [3.05, 3.63) is 34.9 Å². The zero-order valence-electron chi connectivity index (χ0n) is 7.92. The van der Waals surface area contributed by atoms with E-state index in [1.807, 2.05) is 32.3 Å². The van der Waals surface area contributed by atoms with Crippen molar-refractivity contribution < 1.29 is 10.0 Å². The summed E-state index contributed by atoms with van der Waals surface area (Å²) in [4.78, 5) is 1.20. The molecule has 0 spiro atoms. The largest absolute Gasteiger partial charge is 0.382 e. The Labute approximate surface area is 83.7 Å². The minimum atomic E-state index is -0.473. The van der Waals surface area contributed by atoms with E-state index in [0.717, 1.165) is 5.56 Å². The van der Waals surface area contributed by atoms with Crippen LogP contribution in [0.2, 0.25) is 5.02 Å². The second kappa shape index (κ2) is 4.61. The van der Waals surface area contributed by atoms with Crippen molar-refractivity contribution >= 4 is 11.6 Å². The van der Waals surface area contributed by atoms with Crippen LogP contribution in [0, 0.1) is 0 Å². The van der Waals surface area contributed by atoms with Crippen molar-refractivity contribution in [3.63, 3.8) is 0 Å². The SMILES string of the molecule is C[NH+](C)C[C@H](O)c1ccccc1Cl. The first-order valence-corrected chi connectivity index (χ1v) is 4.70. The van der Waals surface area contributed by atoms with Gasteiger partial charge in [-0.3, -0.25) is 0 Å². The van der Waals surface area contributed by atoms with E-state index >= 15 is 0 Å². The van der Waals surface area contributed by atoms with Crippen LogP contribution in [0.4, 0.5) is 0 Å². The van der Waals surface area contributed by atoms with Gasteiger partial charge in [0.1, 0.15) is 12.6 Å². The van der Waals surface area contributed by atoms with Gasteiger partial charge in [-0.25, -0.2) is 0 Å². The number of halogens is 1. The molecule has 0 aliphatic carbocycles. The third kappa shape index (κ3) is 2.99. The summed E-state index contributed by atoms with van der Waals surface area (Å²) in [5.41, 5.74) is 0.811. The first-order chi connectivity index (χ1) is 6.11. The number of quaternary nitrogens is 1. The highest BCUT2D eigenvalue weighted by Crippen LogP contribution is 2.21. The maximum absolute atomic E-state index is 9.77. The fraction of sp³-hybridized carbons (Fsp3) is 0.400. The number of nitrogens with one attached hydrogen (secondary N) is 1. The van der Waals surface area contributed by atoms with Crippen molar-refractivity contribution in [1.82, 2.24) is 0 Å². The average Bonchev–Trinajstić information content (AvgIpc) is 2.03. The van der Waals surface area contributed by atoms with Crippen LogP contribution in [0.3, 0.4) is 0 Å². The molecule has 2 nitrogen and oxygen atoms in total. The predicted octanol–water partition coefficient (Wildman–Crippen LogP) is 0.518. The number of aliphatic hydroxyl groups excluding tert-OH is 1. The lowest BCUT2D eigenvalue weighted by Gasteiger charge is -2.14. The molecule has 0 aromatic heterocycles. The molecule has 1 atom stereocenters. The highest BCUT2D eigenvalue weighted by molar-refractivity contribution is 6.31. The van der Waals surface area contributed by atoms with Gasteiger partial charge < -0.3 is 10.0 Å². The summed E-state index contributed by atoms with van der Waals surface area (Å²) in [6, 6.07) is 7.40. The summed E-state index contributed by atoms with van der Waals surface area (Å²) in [5.74, 6) is 0. The van der Waals surface area contributed by atoms with E-state index in [1.165, 1.54) is 4.90 Å². The first kappa shape index (κ1) is 10.5. The van der Waals surface area contributed by atoms with Crippen molar-refractivity contribution in [3.8, 4) is 0 Å². The third-order valence-electron chi connectivity index (χ3n) is 1.87. The molecule has 0 saturated carbocycles. The Kier molecular flexibility index (Phi) is 3.72. The molecule has 72 valence electrons. The van der Waals surface area contributed by atoms with Gasteiger partial charge in [-0.1, -0.05) is 29.8 Å². The second-order valence-electron chi connectivity index (χ2n) is 3.45. The number of aliphatic hydroxyl groups is 1. The van der Waals surface area contributed by atoms with Crippen molar-refractivity contribution in [2.75, 3.05) is 20.6 Å². The summed E-state index contributed by atoms with van der Waals surface area (Å²) < 4.78 is 0. The molecule has 0 unspecified atom stereocenters. The molecule has 0 bridgehead atoms. The molecule has 0 fully saturated rings. The average molecular weight is 201 g/mol. The Hall–Kier alpha value is -0.570. The molecule has 2 N–H and O–H groups in total. The van der Waals surface area contributed by atoms with E-state index in [9.17, 15) is 5.11 Å². The molecular weight excluding hydrogens is 186 g/mol. The summed E-state index contributed by atoms with van der Waals surface area (Å²) in [5, 5.41) is 10.4. The lowest BCUT2D eigenvalue weighted by atomic mass is 10.1. The number of hydrogen-bond acceptors (Lipinski definition) is 1. The van der Waals surface area contributed by atoms with Crippen molar-refractivity contribution in [1.29, 1.82) is 0 Å². The first-order valence-electron chi connectivity index (χ1n) is 4.33. The molecule has 1 rings (SSSR count). The summed E-state index contributed by atoms with van der Waals surface area (Å²) in [6.45, 7) is 0.670. The molecule has 0 saturated heterocycles. The van der Waals surface area contributed by atoms with E-state index in [4.69, 9.17) is 11.6 Å². The summed E-state index contributed by atoms with van der Waals surface area (Å²) >= 11 is 5.93. The van der Waals surface area contributed by atoms with Crippen molar-refractivity contribution in [2.24, 2.45) is 0 Å². The zero-order chi connectivity index (χ0) is 9.84. The number of benzene rings is 1. The normalized spacial score (nSPS) is 13.3. The number of likely N-dealkylation sites (N-methyl/N-ethyl adjacent to an activating group) is 1. The molecule has 13 heavy (non-hydrogen) atoms. The summed E-state index contributed by atoms with van der Waals surface area (Å²) in [6.07, 6.45) is -0.473. The van der Waals surface area contributed by atoms with Gasteiger partial charge in [-0.2, -0.15) is 0 Å². The maximum atomic E-state index is 9.77. The zero-order valence-corrected chi connectivity index (χ0v) is 8.67. The van der Waals surface area contributed by atoms with E-state index in [0.29, 0.717) is 11.6 Å². The maximum Gasteiger partial charge on any atom is 0.129 e. The quantitative estimate of drug-likeness (QED) is 0.731. The van der Waals surface area contributed by atoms with Gasteiger partial charge in [0.25, 0.3) is 0 Å². The molecule has 1 aromatic rings. The van der Waals surface area contributed by atoms with Crippen LogP contribution >= 0.6 is 11.6 Å². The molecule has 0 amide bonds. The Morgan fingerprint density at radius 2 is 2.00 bits per heavy atom.